The molecule has 2 fully saturated rings. The zero-order valence-corrected chi connectivity index (χ0v) is 7.91. The molecule has 0 bridgehead atoms. The molecule has 2 aliphatic heterocycles. The third-order valence-electron chi connectivity index (χ3n) is 2.97. The van der Waals surface area contributed by atoms with Gasteiger partial charge in [0.2, 0.25) is 0 Å². The minimum atomic E-state index is 0.517. The van der Waals surface area contributed by atoms with E-state index in [-0.39, 0.29) is 0 Å². The molecule has 0 aliphatic carbocycles. The second-order valence-corrected chi connectivity index (χ2v) is 4.73. The highest BCUT2D eigenvalue weighted by Gasteiger charge is 2.39. The van der Waals surface area contributed by atoms with Crippen molar-refractivity contribution >= 4 is 11.8 Å². The van der Waals surface area contributed by atoms with Crippen molar-refractivity contribution in [3.8, 4) is 0 Å². The first kappa shape index (κ1) is 7.90. The van der Waals surface area contributed by atoms with Crippen LogP contribution in [0.15, 0.2) is 0 Å². The quantitative estimate of drug-likeness (QED) is 0.569. The molecule has 1 unspecified atom stereocenters. The Morgan fingerprint density at radius 3 is 3.09 bits per heavy atom. The second-order valence-electron chi connectivity index (χ2n) is 3.63. The lowest BCUT2D eigenvalue weighted by molar-refractivity contribution is 0.112. The van der Waals surface area contributed by atoms with Gasteiger partial charge in [0, 0.05) is 30.9 Å². The average molecular weight is 172 g/mol. The molecule has 2 nitrogen and oxygen atoms in total. The lowest BCUT2D eigenvalue weighted by Gasteiger charge is -2.42. The van der Waals surface area contributed by atoms with Crippen LogP contribution >= 0.6 is 11.8 Å². The molecule has 64 valence electrons. The SMILES string of the molecule is CN1CCNCC12CCSC2. The van der Waals surface area contributed by atoms with E-state index in [2.05, 4.69) is 29.0 Å². The van der Waals surface area contributed by atoms with Gasteiger partial charge in [-0.15, -0.1) is 0 Å². The van der Waals surface area contributed by atoms with Crippen molar-refractivity contribution in [2.24, 2.45) is 0 Å². The van der Waals surface area contributed by atoms with E-state index < -0.39 is 0 Å². The van der Waals surface area contributed by atoms with Crippen molar-refractivity contribution in [3.63, 3.8) is 0 Å². The predicted octanol–water partition coefficient (Wildman–Crippen LogP) is 0.397. The van der Waals surface area contributed by atoms with Gasteiger partial charge < -0.3 is 5.32 Å². The molecule has 2 rings (SSSR count). The van der Waals surface area contributed by atoms with Gasteiger partial charge in [-0.05, 0) is 19.2 Å². The van der Waals surface area contributed by atoms with E-state index in [0.717, 1.165) is 0 Å². The summed E-state index contributed by atoms with van der Waals surface area (Å²) in [6.07, 6.45) is 1.38. The van der Waals surface area contributed by atoms with Gasteiger partial charge in [-0.3, -0.25) is 4.90 Å². The fraction of sp³-hybridized carbons (Fsp3) is 1.00. The van der Waals surface area contributed by atoms with Crippen LogP contribution in [0.1, 0.15) is 6.42 Å². The van der Waals surface area contributed by atoms with E-state index in [0.29, 0.717) is 5.54 Å². The Labute approximate surface area is 72.7 Å². The highest BCUT2D eigenvalue weighted by atomic mass is 32.2. The molecule has 0 radical (unpaired) electrons. The third-order valence-corrected chi connectivity index (χ3v) is 4.20. The maximum atomic E-state index is 3.49. The van der Waals surface area contributed by atoms with E-state index >= 15 is 0 Å². The van der Waals surface area contributed by atoms with Crippen molar-refractivity contribution < 1.29 is 0 Å². The summed E-state index contributed by atoms with van der Waals surface area (Å²) in [6.45, 7) is 3.60. The molecule has 1 N–H and O–H groups in total. The van der Waals surface area contributed by atoms with Gasteiger partial charge in [0.25, 0.3) is 0 Å². The Kier molecular flexibility index (Phi) is 2.12. The Hall–Kier alpha value is 0.270. The van der Waals surface area contributed by atoms with E-state index in [1.165, 1.54) is 37.6 Å². The minimum absolute atomic E-state index is 0.517. The topological polar surface area (TPSA) is 15.3 Å². The van der Waals surface area contributed by atoms with Crippen molar-refractivity contribution in [2.75, 3.05) is 38.2 Å². The molecule has 0 saturated carbocycles. The van der Waals surface area contributed by atoms with E-state index in [1.54, 1.807) is 0 Å². The molecular weight excluding hydrogens is 156 g/mol. The molecule has 11 heavy (non-hydrogen) atoms. The van der Waals surface area contributed by atoms with E-state index in [9.17, 15) is 0 Å². The van der Waals surface area contributed by atoms with Crippen LogP contribution in [0.2, 0.25) is 0 Å². The molecule has 0 aromatic carbocycles. The fourth-order valence-electron chi connectivity index (χ4n) is 1.98. The van der Waals surface area contributed by atoms with Gasteiger partial charge in [-0.2, -0.15) is 11.8 Å². The standard InChI is InChI=1S/C8H16N2S/c1-10-4-3-9-6-8(10)2-5-11-7-8/h9H,2-7H2,1H3. The first-order valence-corrected chi connectivity index (χ1v) is 5.49. The summed E-state index contributed by atoms with van der Waals surface area (Å²) in [5.74, 6) is 2.68. The highest BCUT2D eigenvalue weighted by molar-refractivity contribution is 7.99. The Morgan fingerprint density at radius 1 is 1.55 bits per heavy atom. The fourth-order valence-corrected chi connectivity index (χ4v) is 3.49. The number of likely N-dealkylation sites (N-methyl/N-ethyl adjacent to an activating group) is 1. The number of piperazine rings is 1. The lowest BCUT2D eigenvalue weighted by atomic mass is 9.95. The van der Waals surface area contributed by atoms with Crippen LogP contribution in [0.25, 0.3) is 0 Å². The molecule has 1 atom stereocenters. The first-order valence-electron chi connectivity index (χ1n) is 4.33. The van der Waals surface area contributed by atoms with Crippen LogP contribution < -0.4 is 5.32 Å². The van der Waals surface area contributed by atoms with E-state index in [1.807, 2.05) is 0 Å². The zero-order valence-electron chi connectivity index (χ0n) is 7.10. The molecule has 1 spiro atoms. The van der Waals surface area contributed by atoms with Crippen LogP contribution in [0.3, 0.4) is 0 Å². The van der Waals surface area contributed by atoms with Crippen molar-refractivity contribution in [2.45, 2.75) is 12.0 Å². The van der Waals surface area contributed by atoms with Crippen molar-refractivity contribution in [1.82, 2.24) is 10.2 Å². The number of hydrogen-bond acceptors (Lipinski definition) is 3. The monoisotopic (exact) mass is 172 g/mol. The second kappa shape index (κ2) is 2.96. The van der Waals surface area contributed by atoms with Gasteiger partial charge in [0.15, 0.2) is 0 Å². The number of thioether (sulfide) groups is 1. The smallest absolute Gasteiger partial charge is 0.0429 e. The first-order chi connectivity index (χ1) is 5.33. The summed E-state index contributed by atoms with van der Waals surface area (Å²) in [4.78, 5) is 2.55. The molecule has 0 aromatic heterocycles. The van der Waals surface area contributed by atoms with Gasteiger partial charge in [0.1, 0.15) is 0 Å². The van der Waals surface area contributed by atoms with Crippen molar-refractivity contribution in [3.05, 3.63) is 0 Å². The van der Waals surface area contributed by atoms with Crippen LogP contribution in [-0.4, -0.2) is 48.6 Å². The lowest BCUT2D eigenvalue weighted by Crippen LogP contribution is -2.59. The van der Waals surface area contributed by atoms with Crippen LogP contribution in [0, 0.1) is 0 Å². The molecule has 3 heteroatoms. The molecular formula is C8H16N2S. The number of nitrogens with zero attached hydrogens (tertiary/aromatic N) is 1. The highest BCUT2D eigenvalue weighted by Crippen LogP contribution is 2.32. The van der Waals surface area contributed by atoms with Crippen LogP contribution in [-0.2, 0) is 0 Å². The van der Waals surface area contributed by atoms with Gasteiger partial charge in [-0.25, -0.2) is 0 Å². The van der Waals surface area contributed by atoms with Crippen LogP contribution in [0.4, 0.5) is 0 Å². The summed E-state index contributed by atoms with van der Waals surface area (Å²) in [5.41, 5.74) is 0.517. The number of hydrogen-bond donors (Lipinski definition) is 1. The summed E-state index contributed by atoms with van der Waals surface area (Å²) >= 11 is 2.10. The number of rotatable bonds is 0. The summed E-state index contributed by atoms with van der Waals surface area (Å²) in [5, 5.41) is 3.49. The largest absolute Gasteiger partial charge is 0.314 e. The van der Waals surface area contributed by atoms with Gasteiger partial charge in [0.05, 0.1) is 0 Å². The Balaban J connectivity index is 2.07. The summed E-state index contributed by atoms with van der Waals surface area (Å²) in [6, 6.07) is 0. The maximum absolute atomic E-state index is 3.49. The zero-order chi connectivity index (χ0) is 7.73. The molecule has 0 aromatic rings. The number of nitrogens with one attached hydrogen (secondary N) is 1. The maximum Gasteiger partial charge on any atom is 0.0429 e. The third kappa shape index (κ3) is 1.30. The Morgan fingerprint density at radius 2 is 2.45 bits per heavy atom. The van der Waals surface area contributed by atoms with Crippen LogP contribution in [0.5, 0.6) is 0 Å². The van der Waals surface area contributed by atoms with E-state index in [4.69, 9.17) is 0 Å². The molecule has 2 aliphatic rings. The molecule has 2 heterocycles. The summed E-state index contributed by atoms with van der Waals surface area (Å²) in [7, 11) is 2.27. The normalized spacial score (nSPS) is 40.1. The molecule has 0 amide bonds. The Bertz CT molecular complexity index is 143. The molecule has 2 saturated heterocycles. The predicted molar refractivity (Wildman–Crippen MR) is 50.2 cm³/mol. The van der Waals surface area contributed by atoms with Gasteiger partial charge >= 0.3 is 0 Å². The average Bonchev–Trinajstić information content (AvgIpc) is 2.46. The van der Waals surface area contributed by atoms with Gasteiger partial charge in [-0.1, -0.05) is 0 Å². The summed E-state index contributed by atoms with van der Waals surface area (Å²) < 4.78 is 0. The van der Waals surface area contributed by atoms with Crippen molar-refractivity contribution in [1.29, 1.82) is 0 Å². The minimum Gasteiger partial charge on any atom is -0.314 e.